The molecule has 2 aromatic carbocycles. The maximum absolute atomic E-state index is 12.3. The highest BCUT2D eigenvalue weighted by Crippen LogP contribution is 2.06. The van der Waals surface area contributed by atoms with Gasteiger partial charge in [0.15, 0.2) is 0 Å². The number of carboxylic acid groups (broad SMARTS) is 1. The molecule has 0 heterocycles. The van der Waals surface area contributed by atoms with Gasteiger partial charge in [-0.2, -0.15) is 0 Å². The fraction of sp³-hybridized carbons (Fsp3) is 0.143. The van der Waals surface area contributed by atoms with Gasteiger partial charge in [0.05, 0.1) is 0 Å². The Kier molecular flexibility index (Phi) is 6.58. The molecule has 0 radical (unpaired) electrons. The van der Waals surface area contributed by atoms with E-state index < -0.39 is 11.9 Å². The van der Waals surface area contributed by atoms with Gasteiger partial charge in [-0.3, -0.25) is 4.79 Å². The molecule has 0 unspecified atom stereocenters. The number of carbonyl (C=O) groups excluding carboxylic acids is 1. The third kappa shape index (κ3) is 5.25. The van der Waals surface area contributed by atoms with Gasteiger partial charge in [0.1, 0.15) is 5.70 Å². The van der Waals surface area contributed by atoms with Crippen molar-refractivity contribution in [1.29, 1.82) is 0 Å². The van der Waals surface area contributed by atoms with Gasteiger partial charge in [-0.05, 0) is 50.2 Å². The number of hydrogen-bond donors (Lipinski definition) is 3. The molecule has 0 saturated heterocycles. The second kappa shape index (κ2) is 9.09. The van der Waals surface area contributed by atoms with E-state index in [0.717, 1.165) is 11.1 Å². The summed E-state index contributed by atoms with van der Waals surface area (Å²) in [5.74, 6) is 4.39. The Hall–Kier alpha value is -3.52. The molecular weight excluding hydrogens is 328 g/mol. The zero-order chi connectivity index (χ0) is 18.9. The molecule has 2 aromatic rings. The summed E-state index contributed by atoms with van der Waals surface area (Å²) in [5, 5.41) is 14.6. The summed E-state index contributed by atoms with van der Waals surface area (Å²) in [6.07, 6.45) is 0. The summed E-state index contributed by atoms with van der Waals surface area (Å²) in [4.78, 5) is 23.6. The van der Waals surface area contributed by atoms with Gasteiger partial charge in [0.2, 0.25) is 0 Å². The second-order valence-electron chi connectivity index (χ2n) is 5.48. The molecule has 1 amide bonds. The Balaban J connectivity index is 2.12. The first-order valence-electron chi connectivity index (χ1n) is 8.17. The molecular formula is C21H20N2O3. The minimum Gasteiger partial charge on any atom is -0.477 e. The molecule has 0 aliphatic rings. The van der Waals surface area contributed by atoms with Crippen molar-refractivity contribution in [3.05, 3.63) is 82.7 Å². The summed E-state index contributed by atoms with van der Waals surface area (Å²) in [6.45, 7) is 4.02. The van der Waals surface area contributed by atoms with Crippen molar-refractivity contribution >= 4 is 11.9 Å². The number of hydrogen-bond acceptors (Lipinski definition) is 3. The van der Waals surface area contributed by atoms with E-state index in [9.17, 15) is 14.7 Å². The summed E-state index contributed by atoms with van der Waals surface area (Å²) in [5.41, 5.74) is 2.27. The van der Waals surface area contributed by atoms with E-state index in [0.29, 0.717) is 17.8 Å². The smallest absolute Gasteiger partial charge is 0.354 e. The van der Waals surface area contributed by atoms with Gasteiger partial charge in [-0.25, -0.2) is 4.79 Å². The normalized spacial score (nSPS) is 10.8. The highest BCUT2D eigenvalue weighted by atomic mass is 16.4. The highest BCUT2D eigenvalue weighted by molar-refractivity contribution is 6.00. The predicted molar refractivity (Wildman–Crippen MR) is 100 cm³/mol. The van der Waals surface area contributed by atoms with Crippen LogP contribution in [0.2, 0.25) is 0 Å². The first kappa shape index (κ1) is 18.8. The van der Waals surface area contributed by atoms with Gasteiger partial charge in [0.25, 0.3) is 5.91 Å². The molecule has 0 atom stereocenters. The molecule has 5 nitrogen and oxygen atoms in total. The minimum absolute atomic E-state index is 0.162. The molecule has 5 heteroatoms. The lowest BCUT2D eigenvalue weighted by molar-refractivity contribution is -0.133. The Morgan fingerprint density at radius 1 is 0.962 bits per heavy atom. The molecule has 132 valence electrons. The zero-order valence-electron chi connectivity index (χ0n) is 14.7. The van der Waals surface area contributed by atoms with Crippen LogP contribution in [0.3, 0.4) is 0 Å². The van der Waals surface area contributed by atoms with Gasteiger partial charge < -0.3 is 15.7 Å². The van der Waals surface area contributed by atoms with Crippen LogP contribution in [0.1, 0.15) is 35.3 Å². The predicted octanol–water partition coefficient (Wildman–Crippen LogP) is 2.74. The second-order valence-corrected chi connectivity index (χ2v) is 5.48. The summed E-state index contributed by atoms with van der Waals surface area (Å²) < 4.78 is 0. The van der Waals surface area contributed by atoms with Crippen LogP contribution in [-0.2, 0) is 4.79 Å². The summed E-state index contributed by atoms with van der Waals surface area (Å²) in [6, 6.07) is 16.3. The Morgan fingerprint density at radius 2 is 1.54 bits per heavy atom. The third-order valence-electron chi connectivity index (χ3n) is 3.54. The number of amides is 1. The van der Waals surface area contributed by atoms with Crippen LogP contribution >= 0.6 is 0 Å². The van der Waals surface area contributed by atoms with E-state index in [-0.39, 0.29) is 5.70 Å². The fourth-order valence-corrected chi connectivity index (χ4v) is 2.22. The van der Waals surface area contributed by atoms with Crippen molar-refractivity contribution in [1.82, 2.24) is 10.6 Å². The third-order valence-corrected chi connectivity index (χ3v) is 3.54. The first-order chi connectivity index (χ1) is 12.5. The van der Waals surface area contributed by atoms with Crippen LogP contribution in [0, 0.1) is 11.8 Å². The number of carbonyl (C=O) groups is 2. The molecule has 0 aliphatic carbocycles. The Bertz CT molecular complexity index is 873. The number of benzene rings is 2. The van der Waals surface area contributed by atoms with Crippen LogP contribution in [0.4, 0.5) is 0 Å². The number of allylic oxidation sites excluding steroid dienone is 1. The summed E-state index contributed by atoms with van der Waals surface area (Å²) in [7, 11) is 0. The van der Waals surface area contributed by atoms with Crippen LogP contribution in [0.5, 0.6) is 0 Å². The number of carboxylic acids is 1. The molecule has 26 heavy (non-hydrogen) atoms. The van der Waals surface area contributed by atoms with E-state index in [1.165, 1.54) is 0 Å². The Labute approximate surface area is 152 Å². The van der Waals surface area contributed by atoms with Crippen molar-refractivity contribution in [3.8, 4) is 11.8 Å². The molecule has 2 rings (SSSR count). The van der Waals surface area contributed by atoms with E-state index in [4.69, 9.17) is 0 Å². The average molecular weight is 348 g/mol. The van der Waals surface area contributed by atoms with E-state index in [1.54, 1.807) is 31.2 Å². The van der Waals surface area contributed by atoms with E-state index in [1.807, 2.05) is 37.3 Å². The molecule has 0 bridgehead atoms. The SMILES string of the molecule is CCNC(C)=C(NC(=O)c1ccc(C#Cc2ccccc2)cc1)C(=O)O. The number of rotatable bonds is 5. The monoisotopic (exact) mass is 348 g/mol. The average Bonchev–Trinajstić information content (AvgIpc) is 2.65. The first-order valence-corrected chi connectivity index (χ1v) is 8.17. The molecule has 3 N–H and O–H groups in total. The van der Waals surface area contributed by atoms with Crippen LogP contribution in [0.25, 0.3) is 0 Å². The van der Waals surface area contributed by atoms with Gasteiger partial charge in [-0.1, -0.05) is 30.0 Å². The van der Waals surface area contributed by atoms with Crippen molar-refractivity contribution < 1.29 is 14.7 Å². The lowest BCUT2D eigenvalue weighted by Crippen LogP contribution is -2.31. The van der Waals surface area contributed by atoms with Crippen LogP contribution in [0.15, 0.2) is 66.0 Å². The molecule has 0 aliphatic heterocycles. The molecule has 0 saturated carbocycles. The van der Waals surface area contributed by atoms with Crippen molar-refractivity contribution in [2.45, 2.75) is 13.8 Å². The quantitative estimate of drug-likeness (QED) is 0.573. The fourth-order valence-electron chi connectivity index (χ4n) is 2.22. The number of aliphatic carboxylic acids is 1. The highest BCUT2D eigenvalue weighted by Gasteiger charge is 2.16. The molecule has 0 fully saturated rings. The van der Waals surface area contributed by atoms with Crippen molar-refractivity contribution in [3.63, 3.8) is 0 Å². The Morgan fingerprint density at radius 3 is 2.08 bits per heavy atom. The van der Waals surface area contributed by atoms with Gasteiger partial charge >= 0.3 is 5.97 Å². The lowest BCUT2D eigenvalue weighted by atomic mass is 10.1. The maximum Gasteiger partial charge on any atom is 0.354 e. The van der Waals surface area contributed by atoms with Gasteiger partial charge in [-0.15, -0.1) is 0 Å². The topological polar surface area (TPSA) is 78.4 Å². The molecule has 0 spiro atoms. The van der Waals surface area contributed by atoms with Crippen LogP contribution in [-0.4, -0.2) is 23.5 Å². The number of nitrogens with one attached hydrogen (secondary N) is 2. The lowest BCUT2D eigenvalue weighted by Gasteiger charge is -2.11. The minimum atomic E-state index is -1.19. The molecule has 0 aromatic heterocycles. The largest absolute Gasteiger partial charge is 0.477 e. The van der Waals surface area contributed by atoms with Crippen molar-refractivity contribution in [2.24, 2.45) is 0 Å². The summed E-state index contributed by atoms with van der Waals surface area (Å²) >= 11 is 0. The van der Waals surface area contributed by atoms with Crippen molar-refractivity contribution in [2.75, 3.05) is 6.54 Å². The van der Waals surface area contributed by atoms with Crippen LogP contribution < -0.4 is 10.6 Å². The van der Waals surface area contributed by atoms with Gasteiger partial charge in [0, 0.05) is 28.9 Å². The van der Waals surface area contributed by atoms with E-state index >= 15 is 0 Å². The maximum atomic E-state index is 12.3. The zero-order valence-corrected chi connectivity index (χ0v) is 14.7. The van der Waals surface area contributed by atoms with E-state index in [2.05, 4.69) is 22.5 Å². The standard InChI is InChI=1S/C21H20N2O3/c1-3-22-15(2)19(21(25)26)23-20(24)18-13-11-17(12-14-18)10-9-16-7-5-4-6-8-16/h4-8,11-14,22H,3H2,1-2H3,(H,23,24)(H,25,26).